The minimum absolute atomic E-state index is 0.0355. The Labute approximate surface area is 206 Å². The molecule has 0 radical (unpaired) electrons. The van der Waals surface area contributed by atoms with E-state index in [-0.39, 0.29) is 11.9 Å². The van der Waals surface area contributed by atoms with Gasteiger partial charge in [0.2, 0.25) is 5.91 Å². The lowest BCUT2D eigenvalue weighted by Gasteiger charge is -2.23. The summed E-state index contributed by atoms with van der Waals surface area (Å²) in [5, 5.41) is 4.08. The van der Waals surface area contributed by atoms with Crippen molar-refractivity contribution in [2.24, 2.45) is 0 Å². The predicted octanol–water partition coefficient (Wildman–Crippen LogP) is 5.23. The Morgan fingerprint density at radius 1 is 1.11 bits per heavy atom. The first-order valence-corrected chi connectivity index (χ1v) is 11.8. The highest BCUT2D eigenvalue weighted by molar-refractivity contribution is 5.82. The fourth-order valence-corrected chi connectivity index (χ4v) is 4.57. The molecule has 0 spiro atoms. The number of halogens is 3. The van der Waals surface area contributed by atoms with Gasteiger partial charge in [0.05, 0.1) is 11.7 Å². The molecule has 3 aromatic heterocycles. The molecule has 0 saturated carbocycles. The summed E-state index contributed by atoms with van der Waals surface area (Å²) in [6.45, 7) is 1.90. The third-order valence-corrected chi connectivity index (χ3v) is 6.43. The molecule has 1 saturated heterocycles. The molecule has 1 amide bonds. The van der Waals surface area contributed by atoms with Crippen LogP contribution in [0.4, 0.5) is 13.2 Å². The lowest BCUT2D eigenvalue weighted by Crippen LogP contribution is -2.43. The summed E-state index contributed by atoms with van der Waals surface area (Å²) in [6, 6.07) is 15.6. The monoisotopic (exact) mass is 494 g/mol. The van der Waals surface area contributed by atoms with Gasteiger partial charge in [-0.1, -0.05) is 18.2 Å². The number of pyridine rings is 2. The zero-order valence-electron chi connectivity index (χ0n) is 19.5. The van der Waals surface area contributed by atoms with Crippen LogP contribution in [0.1, 0.15) is 29.9 Å². The van der Waals surface area contributed by atoms with Crippen molar-refractivity contribution >= 4 is 16.9 Å². The minimum Gasteiger partial charge on any atom is -0.461 e. The fourth-order valence-electron chi connectivity index (χ4n) is 4.57. The molecule has 1 aromatic carbocycles. The Morgan fingerprint density at radius 3 is 2.75 bits per heavy atom. The van der Waals surface area contributed by atoms with E-state index in [9.17, 15) is 18.0 Å². The number of carbonyl (C=O) groups is 1. The molecule has 0 bridgehead atoms. The van der Waals surface area contributed by atoms with E-state index in [1.807, 2.05) is 30.3 Å². The van der Waals surface area contributed by atoms with Gasteiger partial charge in [-0.3, -0.25) is 19.7 Å². The van der Waals surface area contributed by atoms with Crippen molar-refractivity contribution in [2.45, 2.75) is 38.0 Å². The second-order valence-electron chi connectivity index (χ2n) is 8.89. The van der Waals surface area contributed by atoms with E-state index >= 15 is 0 Å². The van der Waals surface area contributed by atoms with Crippen LogP contribution in [-0.4, -0.2) is 39.9 Å². The predicted molar refractivity (Wildman–Crippen MR) is 129 cm³/mol. The summed E-state index contributed by atoms with van der Waals surface area (Å²) >= 11 is 0. The quantitative estimate of drug-likeness (QED) is 0.381. The van der Waals surface area contributed by atoms with E-state index in [1.54, 1.807) is 18.3 Å². The highest BCUT2D eigenvalue weighted by atomic mass is 19.4. The third kappa shape index (κ3) is 5.41. The molecule has 186 valence electrons. The van der Waals surface area contributed by atoms with Crippen molar-refractivity contribution in [3.05, 3.63) is 84.0 Å². The zero-order chi connectivity index (χ0) is 25.1. The van der Waals surface area contributed by atoms with Crippen LogP contribution in [0.3, 0.4) is 0 Å². The number of rotatable bonds is 7. The van der Waals surface area contributed by atoms with Gasteiger partial charge in [-0.2, -0.15) is 13.2 Å². The van der Waals surface area contributed by atoms with Gasteiger partial charge in [-0.15, -0.1) is 0 Å². The summed E-state index contributed by atoms with van der Waals surface area (Å²) in [5.74, 6) is 0.871. The van der Waals surface area contributed by atoms with Crippen molar-refractivity contribution in [2.75, 3.05) is 13.1 Å². The highest BCUT2D eigenvalue weighted by Gasteiger charge is 2.32. The summed E-state index contributed by atoms with van der Waals surface area (Å²) < 4.78 is 44.2. The Morgan fingerprint density at radius 2 is 1.97 bits per heavy atom. The van der Waals surface area contributed by atoms with E-state index < -0.39 is 11.9 Å². The number of nitrogens with zero attached hydrogens (tertiary/aromatic N) is 3. The van der Waals surface area contributed by atoms with E-state index in [0.717, 1.165) is 66.9 Å². The Balaban J connectivity index is 1.17. The highest BCUT2D eigenvalue weighted by Crippen LogP contribution is 2.29. The van der Waals surface area contributed by atoms with Gasteiger partial charge in [-0.25, -0.2) is 0 Å². The van der Waals surface area contributed by atoms with Gasteiger partial charge in [0, 0.05) is 42.9 Å². The van der Waals surface area contributed by atoms with E-state index in [0.29, 0.717) is 17.8 Å². The summed E-state index contributed by atoms with van der Waals surface area (Å²) in [7, 11) is 0. The summed E-state index contributed by atoms with van der Waals surface area (Å²) in [6.07, 6.45) is 0.727. The molecule has 36 heavy (non-hydrogen) atoms. The van der Waals surface area contributed by atoms with Crippen molar-refractivity contribution in [3.8, 4) is 11.3 Å². The van der Waals surface area contributed by atoms with Crippen LogP contribution in [0.15, 0.2) is 71.4 Å². The van der Waals surface area contributed by atoms with Crippen LogP contribution < -0.4 is 5.32 Å². The molecule has 1 N–H and O–H groups in total. The number of hydrogen-bond acceptors (Lipinski definition) is 5. The maximum absolute atomic E-state index is 13.0. The fraction of sp³-hybridized carbons (Fsp3) is 0.296. The Hall–Kier alpha value is -3.72. The summed E-state index contributed by atoms with van der Waals surface area (Å²) in [4.78, 5) is 22.9. The number of para-hydroxylation sites is 1. The van der Waals surface area contributed by atoms with Crippen molar-refractivity contribution < 1.29 is 22.4 Å². The smallest absolute Gasteiger partial charge is 0.433 e. The van der Waals surface area contributed by atoms with Crippen molar-refractivity contribution in [1.29, 1.82) is 0 Å². The number of amides is 1. The van der Waals surface area contributed by atoms with Gasteiger partial charge in [-0.05, 0) is 61.3 Å². The van der Waals surface area contributed by atoms with Crippen LogP contribution in [0.25, 0.3) is 22.2 Å². The molecule has 0 aliphatic carbocycles. The second kappa shape index (κ2) is 10.1. The molecule has 0 unspecified atom stereocenters. The molecule has 6 nitrogen and oxygen atoms in total. The van der Waals surface area contributed by atoms with Crippen LogP contribution in [0.5, 0.6) is 0 Å². The first kappa shape index (κ1) is 24.0. The molecular formula is C27H25F3N4O2. The second-order valence-corrected chi connectivity index (χ2v) is 8.89. The number of aromatic nitrogens is 2. The van der Waals surface area contributed by atoms with E-state index in [4.69, 9.17) is 4.42 Å². The molecule has 9 heteroatoms. The number of alkyl halides is 3. The molecule has 4 heterocycles. The van der Waals surface area contributed by atoms with E-state index in [2.05, 4.69) is 20.2 Å². The number of likely N-dealkylation sites (tertiary alicyclic amines) is 1. The topological polar surface area (TPSA) is 71.3 Å². The number of carbonyl (C=O) groups excluding carboxylic acids is 1. The van der Waals surface area contributed by atoms with Crippen molar-refractivity contribution in [1.82, 2.24) is 20.2 Å². The van der Waals surface area contributed by atoms with Crippen LogP contribution in [-0.2, 0) is 23.9 Å². The molecule has 1 aliphatic rings. The molecule has 1 fully saturated rings. The van der Waals surface area contributed by atoms with Gasteiger partial charge in [0.25, 0.3) is 0 Å². The molecular weight excluding hydrogens is 469 g/mol. The maximum atomic E-state index is 13.0. The molecule has 4 aromatic rings. The molecule has 1 atom stereocenters. The number of furan rings is 1. The number of benzene rings is 1. The largest absolute Gasteiger partial charge is 0.461 e. The normalized spacial score (nSPS) is 16.5. The number of fused-ring (bicyclic) bond motifs is 1. The van der Waals surface area contributed by atoms with Gasteiger partial charge in [0.15, 0.2) is 0 Å². The maximum Gasteiger partial charge on any atom is 0.433 e. The molecule has 1 aliphatic heterocycles. The SMILES string of the molecule is O=C(NCc1ccnc(-c2ccc(C(F)(F)F)nc2)c1)[C@@H]1CCCN1CCc1cc2ccccc2o1. The van der Waals surface area contributed by atoms with Crippen LogP contribution >= 0.6 is 0 Å². The van der Waals surface area contributed by atoms with Gasteiger partial charge < -0.3 is 9.73 Å². The van der Waals surface area contributed by atoms with Crippen molar-refractivity contribution in [3.63, 3.8) is 0 Å². The molecule has 5 rings (SSSR count). The van der Waals surface area contributed by atoms with Crippen LogP contribution in [0.2, 0.25) is 0 Å². The Kier molecular flexibility index (Phi) is 6.73. The third-order valence-electron chi connectivity index (χ3n) is 6.43. The standard InChI is InChI=1S/C27H25F3N4O2/c28-27(29,30)25-8-7-20(17-32-25)22-14-18(9-11-31-22)16-33-26(35)23-5-3-12-34(23)13-10-21-15-19-4-1-2-6-24(19)36-21/h1-2,4,6-9,11,14-15,17,23H,3,5,10,12-13,16H2,(H,33,35)/t23-/m0/s1. The first-order chi connectivity index (χ1) is 17.4. The zero-order valence-corrected chi connectivity index (χ0v) is 19.5. The number of nitrogens with one attached hydrogen (secondary N) is 1. The minimum atomic E-state index is -4.49. The number of hydrogen-bond donors (Lipinski definition) is 1. The van der Waals surface area contributed by atoms with Gasteiger partial charge >= 0.3 is 6.18 Å². The van der Waals surface area contributed by atoms with E-state index in [1.165, 1.54) is 6.07 Å². The lowest BCUT2D eigenvalue weighted by molar-refractivity contribution is -0.141. The summed E-state index contributed by atoms with van der Waals surface area (Å²) in [5.41, 5.74) is 1.70. The lowest BCUT2D eigenvalue weighted by atomic mass is 10.1. The average molecular weight is 495 g/mol. The van der Waals surface area contributed by atoms with Gasteiger partial charge in [0.1, 0.15) is 17.0 Å². The average Bonchev–Trinajstić information content (AvgIpc) is 3.52. The first-order valence-electron chi connectivity index (χ1n) is 11.8. The van der Waals surface area contributed by atoms with Crippen LogP contribution in [0, 0.1) is 0 Å². The Bertz CT molecular complexity index is 1320.